The highest BCUT2D eigenvalue weighted by Gasteiger charge is 2.25. The van der Waals surface area contributed by atoms with Crippen LogP contribution < -0.4 is 0 Å². The Labute approximate surface area is 152 Å². The average Bonchev–Trinajstić information content (AvgIpc) is 2.59. The predicted octanol–water partition coefficient (Wildman–Crippen LogP) is -0.101. The number of piperidine rings is 1. The lowest BCUT2D eigenvalue weighted by atomic mass is 9.97. The van der Waals surface area contributed by atoms with E-state index >= 15 is 0 Å². The van der Waals surface area contributed by atoms with E-state index in [0.29, 0.717) is 19.7 Å². The van der Waals surface area contributed by atoms with Gasteiger partial charge in [0, 0.05) is 14.0 Å². The Kier molecular flexibility index (Phi) is 11.4. The standard InChI is InChI=1S/C15H24N2O3.C2H2O4/c1-4-20-15(19)14-7-11-17(12-8-14)10-6-5-9-16(3)13(2)18;3-1(4)2(5)6/h14H,4,7-12H2,1-3H3;(H,3,4)(H,5,6). The van der Waals surface area contributed by atoms with Crippen LogP contribution >= 0.6 is 0 Å². The van der Waals surface area contributed by atoms with E-state index < -0.39 is 11.9 Å². The third kappa shape index (κ3) is 10.3. The van der Waals surface area contributed by atoms with Crippen LogP contribution in [0.4, 0.5) is 0 Å². The Morgan fingerprint density at radius 3 is 2.08 bits per heavy atom. The monoisotopic (exact) mass is 370 g/mol. The topological polar surface area (TPSA) is 124 Å². The molecule has 0 unspecified atom stereocenters. The number of ether oxygens (including phenoxy) is 1. The molecule has 0 aromatic rings. The normalized spacial score (nSPS) is 14.1. The third-order valence-corrected chi connectivity index (χ3v) is 3.67. The summed E-state index contributed by atoms with van der Waals surface area (Å²) in [7, 11) is 1.74. The fourth-order valence-corrected chi connectivity index (χ4v) is 2.04. The number of hydrogen-bond donors (Lipinski definition) is 2. The van der Waals surface area contributed by atoms with Gasteiger partial charge in [-0.15, -0.1) is 0 Å². The molecule has 0 saturated carbocycles. The first-order chi connectivity index (χ1) is 12.2. The second-order valence-corrected chi connectivity index (χ2v) is 5.64. The number of likely N-dealkylation sites (tertiary alicyclic amines) is 1. The molecule has 0 aliphatic carbocycles. The van der Waals surface area contributed by atoms with Gasteiger partial charge >= 0.3 is 17.9 Å². The number of amides is 1. The molecule has 9 nitrogen and oxygen atoms in total. The summed E-state index contributed by atoms with van der Waals surface area (Å²) >= 11 is 0. The number of carbonyl (C=O) groups is 4. The van der Waals surface area contributed by atoms with E-state index in [1.165, 1.54) is 6.92 Å². The van der Waals surface area contributed by atoms with E-state index in [-0.39, 0.29) is 17.8 Å². The first kappa shape index (κ1) is 23.4. The van der Waals surface area contributed by atoms with Gasteiger partial charge in [0.25, 0.3) is 0 Å². The van der Waals surface area contributed by atoms with Crippen molar-refractivity contribution in [3.8, 4) is 11.8 Å². The fourth-order valence-electron chi connectivity index (χ4n) is 2.04. The van der Waals surface area contributed by atoms with Gasteiger partial charge < -0.3 is 19.8 Å². The van der Waals surface area contributed by atoms with Gasteiger partial charge in [-0.25, -0.2) is 9.59 Å². The lowest BCUT2D eigenvalue weighted by Crippen LogP contribution is -2.37. The van der Waals surface area contributed by atoms with E-state index in [0.717, 1.165) is 25.9 Å². The zero-order chi connectivity index (χ0) is 20.1. The second-order valence-electron chi connectivity index (χ2n) is 5.64. The van der Waals surface area contributed by atoms with Crippen molar-refractivity contribution < 1.29 is 34.1 Å². The minimum atomic E-state index is -1.82. The van der Waals surface area contributed by atoms with Crippen molar-refractivity contribution >= 4 is 23.8 Å². The van der Waals surface area contributed by atoms with Crippen molar-refractivity contribution in [2.75, 3.05) is 39.8 Å². The molecule has 146 valence electrons. The minimum absolute atomic E-state index is 0.0227. The summed E-state index contributed by atoms with van der Waals surface area (Å²) in [5, 5.41) is 14.8. The van der Waals surface area contributed by atoms with E-state index in [4.69, 9.17) is 24.5 Å². The highest BCUT2D eigenvalue weighted by Crippen LogP contribution is 2.18. The molecule has 0 aromatic heterocycles. The Hall–Kier alpha value is -2.60. The molecule has 1 saturated heterocycles. The summed E-state index contributed by atoms with van der Waals surface area (Å²) in [6.45, 7) is 6.73. The Bertz CT molecular complexity index is 545. The third-order valence-electron chi connectivity index (χ3n) is 3.67. The Morgan fingerprint density at radius 1 is 1.12 bits per heavy atom. The molecule has 1 aliphatic heterocycles. The number of carboxylic acids is 2. The molecular formula is C17H26N2O7. The van der Waals surface area contributed by atoms with Crippen LogP contribution in [0.15, 0.2) is 0 Å². The van der Waals surface area contributed by atoms with Crippen LogP contribution in [0.25, 0.3) is 0 Å². The maximum absolute atomic E-state index is 11.6. The number of aliphatic carboxylic acids is 2. The number of esters is 1. The lowest BCUT2D eigenvalue weighted by molar-refractivity contribution is -0.159. The molecule has 0 aromatic carbocycles. The summed E-state index contributed by atoms with van der Waals surface area (Å²) in [5.41, 5.74) is 0. The van der Waals surface area contributed by atoms with Gasteiger partial charge in [0.1, 0.15) is 0 Å². The van der Waals surface area contributed by atoms with Crippen LogP contribution in [0.2, 0.25) is 0 Å². The molecular weight excluding hydrogens is 344 g/mol. The smallest absolute Gasteiger partial charge is 0.414 e. The number of rotatable bonds is 4. The largest absolute Gasteiger partial charge is 0.473 e. The molecule has 1 heterocycles. The summed E-state index contributed by atoms with van der Waals surface area (Å²) in [6, 6.07) is 0. The zero-order valence-electron chi connectivity index (χ0n) is 15.4. The van der Waals surface area contributed by atoms with Gasteiger partial charge in [-0.1, -0.05) is 11.8 Å². The minimum Gasteiger partial charge on any atom is -0.473 e. The Balaban J connectivity index is 0.000000896. The summed E-state index contributed by atoms with van der Waals surface area (Å²) in [6.07, 6.45) is 1.68. The van der Waals surface area contributed by atoms with Crippen molar-refractivity contribution in [2.24, 2.45) is 5.92 Å². The van der Waals surface area contributed by atoms with Gasteiger partial charge in [-0.2, -0.15) is 0 Å². The van der Waals surface area contributed by atoms with E-state index in [1.807, 2.05) is 6.92 Å². The second kappa shape index (κ2) is 12.7. The molecule has 1 fully saturated rings. The molecule has 0 radical (unpaired) electrons. The van der Waals surface area contributed by atoms with E-state index in [2.05, 4.69) is 16.7 Å². The molecule has 0 bridgehead atoms. The van der Waals surface area contributed by atoms with Gasteiger partial charge in [-0.3, -0.25) is 14.5 Å². The summed E-state index contributed by atoms with van der Waals surface area (Å²) in [4.78, 5) is 44.6. The van der Waals surface area contributed by atoms with Crippen molar-refractivity contribution in [1.29, 1.82) is 0 Å². The van der Waals surface area contributed by atoms with E-state index in [9.17, 15) is 9.59 Å². The van der Waals surface area contributed by atoms with Crippen LogP contribution in [0.5, 0.6) is 0 Å². The highest BCUT2D eigenvalue weighted by atomic mass is 16.5. The molecule has 2 N–H and O–H groups in total. The lowest BCUT2D eigenvalue weighted by Gasteiger charge is -2.29. The predicted molar refractivity (Wildman–Crippen MR) is 92.2 cm³/mol. The maximum Gasteiger partial charge on any atom is 0.414 e. The molecule has 1 rings (SSSR count). The first-order valence-electron chi connectivity index (χ1n) is 8.21. The molecule has 0 atom stereocenters. The SMILES string of the molecule is CCOC(=O)C1CCN(CC#CCN(C)C(C)=O)CC1.O=C(O)C(=O)O. The molecule has 9 heteroatoms. The van der Waals surface area contributed by atoms with Crippen LogP contribution in [-0.4, -0.2) is 83.7 Å². The van der Waals surface area contributed by atoms with Crippen LogP contribution in [-0.2, 0) is 23.9 Å². The van der Waals surface area contributed by atoms with Gasteiger partial charge in [0.2, 0.25) is 5.91 Å². The van der Waals surface area contributed by atoms with E-state index in [1.54, 1.807) is 11.9 Å². The van der Waals surface area contributed by atoms with Crippen molar-refractivity contribution in [1.82, 2.24) is 9.80 Å². The van der Waals surface area contributed by atoms with Crippen LogP contribution in [0.3, 0.4) is 0 Å². The fraction of sp³-hybridized carbons (Fsp3) is 0.647. The zero-order valence-corrected chi connectivity index (χ0v) is 15.4. The number of carboxylic acid groups (broad SMARTS) is 2. The van der Waals surface area contributed by atoms with Crippen molar-refractivity contribution in [3.05, 3.63) is 0 Å². The molecule has 26 heavy (non-hydrogen) atoms. The van der Waals surface area contributed by atoms with Crippen LogP contribution in [0.1, 0.15) is 26.7 Å². The first-order valence-corrected chi connectivity index (χ1v) is 8.21. The molecule has 1 amide bonds. The number of carbonyl (C=O) groups excluding carboxylic acids is 2. The van der Waals surface area contributed by atoms with Crippen molar-refractivity contribution in [3.63, 3.8) is 0 Å². The summed E-state index contributed by atoms with van der Waals surface area (Å²) < 4.78 is 5.04. The Morgan fingerprint density at radius 2 is 1.65 bits per heavy atom. The number of nitrogens with zero attached hydrogens (tertiary/aromatic N) is 2. The molecule has 0 spiro atoms. The number of hydrogen-bond acceptors (Lipinski definition) is 6. The summed E-state index contributed by atoms with van der Waals surface area (Å²) in [5.74, 6) is 2.42. The molecule has 1 aliphatic rings. The average molecular weight is 370 g/mol. The maximum atomic E-state index is 11.6. The quantitative estimate of drug-likeness (QED) is 0.399. The van der Waals surface area contributed by atoms with Crippen LogP contribution in [0, 0.1) is 17.8 Å². The highest BCUT2D eigenvalue weighted by molar-refractivity contribution is 6.27. The van der Waals surface area contributed by atoms with Gasteiger partial charge in [0.05, 0.1) is 25.6 Å². The van der Waals surface area contributed by atoms with Gasteiger partial charge in [0.15, 0.2) is 0 Å². The van der Waals surface area contributed by atoms with Gasteiger partial charge in [-0.05, 0) is 32.9 Å². The van der Waals surface area contributed by atoms with Crippen molar-refractivity contribution in [2.45, 2.75) is 26.7 Å².